The van der Waals surface area contributed by atoms with Gasteiger partial charge in [-0.3, -0.25) is 4.40 Å². The summed E-state index contributed by atoms with van der Waals surface area (Å²) in [5.41, 5.74) is 7.01. The van der Waals surface area contributed by atoms with E-state index in [0.717, 1.165) is 5.82 Å². The first-order chi connectivity index (χ1) is 5.83. The molecule has 0 aliphatic heterocycles. The summed E-state index contributed by atoms with van der Waals surface area (Å²) in [6, 6.07) is 3.66. The van der Waals surface area contributed by atoms with Crippen molar-refractivity contribution in [3.05, 3.63) is 24.2 Å². The molecule has 0 unspecified atom stereocenters. The van der Waals surface area contributed by atoms with E-state index in [0.29, 0.717) is 17.1 Å². The van der Waals surface area contributed by atoms with Crippen LogP contribution in [-0.4, -0.2) is 14.6 Å². The van der Waals surface area contributed by atoms with Crippen molar-refractivity contribution in [2.75, 3.05) is 5.73 Å². The number of thiol groups is 1. The van der Waals surface area contributed by atoms with Crippen molar-refractivity contribution >= 4 is 24.0 Å². The number of anilines is 1. The first-order valence-corrected chi connectivity index (χ1v) is 4.15. The second-order valence-electron chi connectivity index (χ2n) is 2.43. The van der Waals surface area contributed by atoms with Crippen LogP contribution < -0.4 is 5.73 Å². The van der Waals surface area contributed by atoms with Crippen LogP contribution in [0.25, 0.3) is 5.65 Å². The molecule has 2 N–H and O–H groups in total. The average Bonchev–Trinajstić information content (AvgIpc) is 2.49. The first kappa shape index (κ1) is 7.42. The normalized spacial score (nSPS) is 10.8. The molecule has 0 saturated heterocycles. The highest BCUT2D eigenvalue weighted by Crippen LogP contribution is 2.11. The highest BCUT2D eigenvalue weighted by molar-refractivity contribution is 7.79. The summed E-state index contributed by atoms with van der Waals surface area (Å²) >= 11 is 4.12. The molecule has 4 nitrogen and oxygen atoms in total. The number of nitrogens with two attached hydrogens (primary N) is 1. The smallest absolute Gasteiger partial charge is 0.184 e. The second-order valence-corrected chi connectivity index (χ2v) is 2.75. The molecule has 0 bridgehead atoms. The average molecular weight is 180 g/mol. The Morgan fingerprint density at radius 1 is 1.50 bits per heavy atom. The fraction of sp³-hybridized carbons (Fsp3) is 0.143. The van der Waals surface area contributed by atoms with Crippen LogP contribution >= 0.6 is 12.6 Å². The minimum atomic E-state index is 0.560. The zero-order chi connectivity index (χ0) is 8.55. The molecule has 0 radical (unpaired) electrons. The molecule has 0 aliphatic carbocycles. The van der Waals surface area contributed by atoms with Crippen molar-refractivity contribution < 1.29 is 0 Å². The predicted octanol–water partition coefficient (Wildman–Crippen LogP) is 0.741. The minimum absolute atomic E-state index is 0.560. The molecule has 2 heterocycles. The van der Waals surface area contributed by atoms with Crippen LogP contribution in [0.4, 0.5) is 5.69 Å². The molecule has 0 aliphatic rings. The monoisotopic (exact) mass is 180 g/mol. The van der Waals surface area contributed by atoms with Crippen LogP contribution in [0.5, 0.6) is 0 Å². The van der Waals surface area contributed by atoms with Crippen molar-refractivity contribution in [1.82, 2.24) is 14.6 Å². The third-order valence-corrected chi connectivity index (χ3v) is 1.96. The lowest BCUT2D eigenvalue weighted by molar-refractivity contribution is 0.993. The van der Waals surface area contributed by atoms with E-state index in [1.54, 1.807) is 6.07 Å². The van der Waals surface area contributed by atoms with Crippen LogP contribution in [-0.2, 0) is 5.75 Å². The Hall–Kier alpha value is -1.23. The molecule has 62 valence electrons. The summed E-state index contributed by atoms with van der Waals surface area (Å²) in [4.78, 5) is 0. The van der Waals surface area contributed by atoms with Crippen molar-refractivity contribution in [1.29, 1.82) is 0 Å². The fourth-order valence-electron chi connectivity index (χ4n) is 1.09. The van der Waals surface area contributed by atoms with Crippen LogP contribution in [0.2, 0.25) is 0 Å². The van der Waals surface area contributed by atoms with E-state index in [-0.39, 0.29) is 0 Å². The van der Waals surface area contributed by atoms with Crippen molar-refractivity contribution in [2.24, 2.45) is 0 Å². The van der Waals surface area contributed by atoms with E-state index >= 15 is 0 Å². The number of nitrogens with zero attached hydrogens (tertiary/aromatic N) is 3. The van der Waals surface area contributed by atoms with Crippen LogP contribution in [0.1, 0.15) is 5.82 Å². The maximum absolute atomic E-state index is 5.68. The third-order valence-electron chi connectivity index (χ3n) is 1.68. The summed E-state index contributed by atoms with van der Waals surface area (Å²) in [5.74, 6) is 1.37. The molecule has 2 aromatic heterocycles. The Kier molecular flexibility index (Phi) is 1.65. The van der Waals surface area contributed by atoms with Gasteiger partial charge < -0.3 is 5.73 Å². The number of nitrogen functional groups attached to an aromatic ring is 1. The second kappa shape index (κ2) is 2.67. The van der Waals surface area contributed by atoms with Crippen molar-refractivity contribution in [2.45, 2.75) is 5.75 Å². The summed E-state index contributed by atoms with van der Waals surface area (Å²) in [6.07, 6.45) is 1.87. The molecule has 5 heteroatoms. The molecule has 0 aromatic carbocycles. The Morgan fingerprint density at radius 2 is 2.33 bits per heavy atom. The van der Waals surface area contributed by atoms with Gasteiger partial charge in [0, 0.05) is 6.20 Å². The molecule has 0 saturated carbocycles. The van der Waals surface area contributed by atoms with Gasteiger partial charge in [-0.05, 0) is 12.1 Å². The minimum Gasteiger partial charge on any atom is -0.396 e. The first-order valence-electron chi connectivity index (χ1n) is 3.52. The van der Waals surface area contributed by atoms with Crippen molar-refractivity contribution in [3.63, 3.8) is 0 Å². The molecule has 2 rings (SSSR count). The molecule has 2 aromatic rings. The number of hydrogen-bond acceptors (Lipinski definition) is 4. The fourth-order valence-corrected chi connectivity index (χ4v) is 1.31. The SMILES string of the molecule is Nc1cccn2c(CS)nnc12. The highest BCUT2D eigenvalue weighted by atomic mass is 32.1. The zero-order valence-corrected chi connectivity index (χ0v) is 7.20. The Labute approximate surface area is 74.8 Å². The number of pyridine rings is 1. The van der Waals surface area contributed by atoms with Gasteiger partial charge in [0.2, 0.25) is 0 Å². The van der Waals surface area contributed by atoms with Gasteiger partial charge in [0.15, 0.2) is 5.65 Å². The quantitative estimate of drug-likeness (QED) is 0.636. The van der Waals surface area contributed by atoms with Gasteiger partial charge in [-0.25, -0.2) is 0 Å². The summed E-state index contributed by atoms with van der Waals surface area (Å²) in [7, 11) is 0. The Balaban J connectivity index is 2.80. The van der Waals surface area contributed by atoms with Gasteiger partial charge in [0.1, 0.15) is 5.82 Å². The predicted molar refractivity (Wildman–Crippen MR) is 50.1 cm³/mol. The third kappa shape index (κ3) is 0.937. The van der Waals surface area contributed by atoms with Gasteiger partial charge in [-0.1, -0.05) is 0 Å². The van der Waals surface area contributed by atoms with Gasteiger partial charge in [-0.2, -0.15) is 12.6 Å². The summed E-state index contributed by atoms with van der Waals surface area (Å²) < 4.78 is 1.84. The lowest BCUT2D eigenvalue weighted by Gasteiger charge is -1.96. The van der Waals surface area contributed by atoms with E-state index in [2.05, 4.69) is 22.8 Å². The number of fused-ring (bicyclic) bond motifs is 1. The zero-order valence-electron chi connectivity index (χ0n) is 6.31. The standard InChI is InChI=1S/C7H8N4S/c8-5-2-1-3-11-6(4-12)9-10-7(5)11/h1-3,12H,4,8H2. The van der Waals surface area contributed by atoms with Crippen LogP contribution in [0.15, 0.2) is 18.3 Å². The van der Waals surface area contributed by atoms with Crippen LogP contribution in [0.3, 0.4) is 0 Å². The highest BCUT2D eigenvalue weighted by Gasteiger charge is 2.04. The maximum atomic E-state index is 5.68. The molecule has 0 fully saturated rings. The number of rotatable bonds is 1. The van der Waals surface area contributed by atoms with E-state index in [9.17, 15) is 0 Å². The van der Waals surface area contributed by atoms with E-state index < -0.39 is 0 Å². The summed E-state index contributed by atoms with van der Waals surface area (Å²) in [6.45, 7) is 0. The number of hydrogen-bond donors (Lipinski definition) is 2. The van der Waals surface area contributed by atoms with E-state index in [1.807, 2.05) is 16.7 Å². The maximum Gasteiger partial charge on any atom is 0.184 e. The van der Waals surface area contributed by atoms with Crippen LogP contribution in [0, 0.1) is 0 Å². The topological polar surface area (TPSA) is 56.2 Å². The largest absolute Gasteiger partial charge is 0.396 e. The lowest BCUT2D eigenvalue weighted by Crippen LogP contribution is -1.94. The molecule has 0 spiro atoms. The Bertz CT molecular complexity index is 409. The van der Waals surface area contributed by atoms with E-state index in [1.165, 1.54) is 0 Å². The molecule has 0 amide bonds. The van der Waals surface area contributed by atoms with Gasteiger partial charge in [0.25, 0.3) is 0 Å². The molecule has 0 atom stereocenters. The Morgan fingerprint density at radius 3 is 3.08 bits per heavy atom. The molecular formula is C7H8N4S. The van der Waals surface area contributed by atoms with Gasteiger partial charge in [0.05, 0.1) is 11.4 Å². The summed E-state index contributed by atoms with van der Waals surface area (Å²) in [5, 5.41) is 7.86. The van der Waals surface area contributed by atoms with Crippen molar-refractivity contribution in [3.8, 4) is 0 Å². The molecule has 12 heavy (non-hydrogen) atoms. The molecular weight excluding hydrogens is 172 g/mol. The van der Waals surface area contributed by atoms with Gasteiger partial charge >= 0.3 is 0 Å². The number of aromatic nitrogens is 3. The lowest BCUT2D eigenvalue weighted by atomic mass is 10.4. The van der Waals surface area contributed by atoms with E-state index in [4.69, 9.17) is 5.73 Å². The van der Waals surface area contributed by atoms with Gasteiger partial charge in [-0.15, -0.1) is 10.2 Å².